The Kier molecular flexibility index (Phi) is 6.68. The van der Waals surface area contributed by atoms with Crippen LogP contribution in [0.5, 0.6) is 5.75 Å². The van der Waals surface area contributed by atoms with E-state index in [4.69, 9.17) is 18.7 Å². The monoisotopic (exact) mass is 512 g/mol. The lowest BCUT2D eigenvalue weighted by molar-refractivity contribution is -0.204. The standard InChI is InChI=1S/C21H19BrF2N2O6/c1-12-7-8-20(2,10-15(12)30-16(11-29-3)17(27)28)18-25-19(32-26-18)21(23,24)31-14-6-4-5-13(22)9-14/h4-7,9-11H,8H2,1-3H3,(H,27,28)/b16-11-. The van der Waals surface area contributed by atoms with Crippen molar-refractivity contribution in [2.75, 3.05) is 7.11 Å². The van der Waals surface area contributed by atoms with Crippen LogP contribution in [0, 0.1) is 0 Å². The van der Waals surface area contributed by atoms with Crippen molar-refractivity contribution in [2.45, 2.75) is 31.8 Å². The number of hydrogen-bond acceptors (Lipinski definition) is 7. The second kappa shape index (κ2) is 9.11. The Hall–Kier alpha value is -3.21. The molecule has 1 atom stereocenters. The number of carbonyl (C=O) groups is 1. The van der Waals surface area contributed by atoms with Gasteiger partial charge in [-0.3, -0.25) is 0 Å². The van der Waals surface area contributed by atoms with Crippen LogP contribution >= 0.6 is 15.9 Å². The van der Waals surface area contributed by atoms with Gasteiger partial charge in [-0.2, -0.15) is 13.8 Å². The molecule has 1 aromatic heterocycles. The third-order valence-electron chi connectivity index (χ3n) is 4.55. The van der Waals surface area contributed by atoms with Crippen molar-refractivity contribution >= 4 is 21.9 Å². The number of ether oxygens (including phenoxy) is 3. The van der Waals surface area contributed by atoms with Crippen molar-refractivity contribution in [1.82, 2.24) is 10.1 Å². The lowest BCUT2D eigenvalue weighted by atomic mass is 9.80. The van der Waals surface area contributed by atoms with Crippen LogP contribution < -0.4 is 4.74 Å². The summed E-state index contributed by atoms with van der Waals surface area (Å²) in [5, 5.41) is 12.9. The van der Waals surface area contributed by atoms with Crippen molar-refractivity contribution in [2.24, 2.45) is 0 Å². The number of aromatic nitrogens is 2. The third-order valence-corrected chi connectivity index (χ3v) is 5.05. The molecule has 0 spiro atoms. The number of rotatable bonds is 8. The maximum absolute atomic E-state index is 14.6. The Bertz CT molecular complexity index is 1110. The topological polar surface area (TPSA) is 104 Å². The molecule has 170 valence electrons. The Balaban J connectivity index is 1.87. The van der Waals surface area contributed by atoms with E-state index in [0.717, 1.165) is 6.26 Å². The fraction of sp³-hybridized carbons (Fsp3) is 0.286. The molecule has 32 heavy (non-hydrogen) atoms. The van der Waals surface area contributed by atoms with Gasteiger partial charge in [0.2, 0.25) is 5.76 Å². The molecule has 0 bridgehead atoms. The fourth-order valence-corrected chi connectivity index (χ4v) is 3.21. The zero-order valence-corrected chi connectivity index (χ0v) is 18.9. The highest BCUT2D eigenvalue weighted by Gasteiger charge is 2.44. The highest BCUT2D eigenvalue weighted by atomic mass is 79.9. The molecule has 1 aliphatic carbocycles. The van der Waals surface area contributed by atoms with E-state index in [-0.39, 0.29) is 17.3 Å². The number of nitrogens with zero attached hydrogens (tertiary/aromatic N) is 2. The van der Waals surface area contributed by atoms with Crippen LogP contribution in [0.3, 0.4) is 0 Å². The smallest absolute Gasteiger partial charge is 0.482 e. The van der Waals surface area contributed by atoms with Crippen LogP contribution in [-0.4, -0.2) is 28.3 Å². The minimum atomic E-state index is -3.87. The van der Waals surface area contributed by atoms with Gasteiger partial charge in [0.05, 0.1) is 12.5 Å². The molecule has 0 saturated heterocycles. The van der Waals surface area contributed by atoms with Crippen LogP contribution in [-0.2, 0) is 25.8 Å². The summed E-state index contributed by atoms with van der Waals surface area (Å²) in [5.41, 5.74) is -0.350. The first-order chi connectivity index (χ1) is 15.0. The van der Waals surface area contributed by atoms with E-state index in [1.54, 1.807) is 38.1 Å². The van der Waals surface area contributed by atoms with E-state index in [1.807, 2.05) is 0 Å². The summed E-state index contributed by atoms with van der Waals surface area (Å²) in [5.74, 6) is -2.72. The van der Waals surface area contributed by atoms with Crippen LogP contribution in [0.25, 0.3) is 0 Å². The number of halogens is 3. The van der Waals surface area contributed by atoms with Gasteiger partial charge < -0.3 is 23.8 Å². The molecule has 0 fully saturated rings. The summed E-state index contributed by atoms with van der Waals surface area (Å²) in [4.78, 5) is 15.2. The number of alkyl halides is 2. The van der Waals surface area contributed by atoms with E-state index in [1.165, 1.54) is 19.2 Å². The molecule has 8 nitrogen and oxygen atoms in total. The zero-order valence-electron chi connectivity index (χ0n) is 17.3. The maximum Gasteiger partial charge on any atom is 0.482 e. The van der Waals surface area contributed by atoms with Crippen LogP contribution in [0.15, 0.2) is 68.8 Å². The predicted octanol–water partition coefficient (Wildman–Crippen LogP) is 5.04. The summed E-state index contributed by atoms with van der Waals surface area (Å²) >= 11 is 3.19. The molecular formula is C21H19BrF2N2O6. The third kappa shape index (κ3) is 5.16. The SMILES string of the molecule is CO/C=C(\OC1=CC(C)(c2noc(C(F)(F)Oc3cccc(Br)c3)n2)CC=C1C)C(=O)O. The molecule has 1 N–H and O–H groups in total. The molecule has 0 radical (unpaired) electrons. The van der Waals surface area contributed by atoms with Gasteiger partial charge in [0.1, 0.15) is 17.8 Å². The Morgan fingerprint density at radius 3 is 2.81 bits per heavy atom. The van der Waals surface area contributed by atoms with Crippen molar-refractivity contribution in [3.05, 3.63) is 76.0 Å². The molecular weight excluding hydrogens is 494 g/mol. The van der Waals surface area contributed by atoms with Gasteiger partial charge in [-0.1, -0.05) is 33.2 Å². The van der Waals surface area contributed by atoms with E-state index in [9.17, 15) is 18.7 Å². The Labute approximate surface area is 190 Å². The number of hydrogen-bond donors (Lipinski definition) is 1. The van der Waals surface area contributed by atoms with Gasteiger partial charge in [0, 0.05) is 4.47 Å². The summed E-state index contributed by atoms with van der Waals surface area (Å²) in [7, 11) is 1.28. The number of aliphatic carboxylic acids is 1. The van der Waals surface area contributed by atoms with E-state index in [2.05, 4.69) is 26.1 Å². The molecule has 2 aromatic rings. The van der Waals surface area contributed by atoms with Crippen molar-refractivity contribution < 1.29 is 37.4 Å². The van der Waals surface area contributed by atoms with E-state index < -0.39 is 29.1 Å². The largest absolute Gasteiger partial charge is 0.500 e. The highest BCUT2D eigenvalue weighted by molar-refractivity contribution is 9.10. The van der Waals surface area contributed by atoms with Crippen LogP contribution in [0.1, 0.15) is 32.0 Å². The molecule has 0 saturated carbocycles. The first-order valence-electron chi connectivity index (χ1n) is 9.25. The first-order valence-corrected chi connectivity index (χ1v) is 10.0. The van der Waals surface area contributed by atoms with Gasteiger partial charge in [0.25, 0.3) is 0 Å². The molecule has 3 rings (SSSR count). The molecule has 0 aliphatic heterocycles. The maximum atomic E-state index is 14.6. The molecule has 1 heterocycles. The van der Waals surface area contributed by atoms with Gasteiger partial charge >= 0.3 is 18.0 Å². The number of methoxy groups -OCH3 is 1. The van der Waals surface area contributed by atoms with E-state index in [0.29, 0.717) is 16.5 Å². The normalized spacial score (nSPS) is 19.1. The second-order valence-electron chi connectivity index (χ2n) is 7.14. The van der Waals surface area contributed by atoms with Crippen molar-refractivity contribution in [3.63, 3.8) is 0 Å². The second-order valence-corrected chi connectivity index (χ2v) is 8.06. The van der Waals surface area contributed by atoms with Gasteiger partial charge in [-0.15, -0.1) is 0 Å². The highest BCUT2D eigenvalue weighted by Crippen LogP contribution is 2.38. The summed E-state index contributed by atoms with van der Waals surface area (Å²) < 4.78 is 49.5. The zero-order chi connectivity index (χ0) is 23.5. The molecule has 1 aliphatic rings. The number of benzene rings is 1. The fourth-order valence-electron chi connectivity index (χ4n) is 2.83. The average molecular weight is 513 g/mol. The summed E-state index contributed by atoms with van der Waals surface area (Å²) in [6.45, 7) is 3.40. The van der Waals surface area contributed by atoms with Gasteiger partial charge in [0.15, 0.2) is 5.82 Å². The number of carboxylic acids is 1. The Morgan fingerprint density at radius 2 is 2.16 bits per heavy atom. The summed E-state index contributed by atoms with van der Waals surface area (Å²) in [6, 6.07) is 5.95. The summed E-state index contributed by atoms with van der Waals surface area (Å²) in [6.07, 6.45) is 0.724. The Morgan fingerprint density at radius 1 is 1.41 bits per heavy atom. The number of carboxylic acid groups (broad SMARTS) is 1. The lowest BCUT2D eigenvalue weighted by Crippen LogP contribution is -2.26. The van der Waals surface area contributed by atoms with Crippen LogP contribution in [0.4, 0.5) is 8.78 Å². The molecule has 0 amide bonds. The quantitative estimate of drug-likeness (QED) is 0.387. The van der Waals surface area contributed by atoms with Crippen molar-refractivity contribution in [1.29, 1.82) is 0 Å². The number of allylic oxidation sites excluding steroid dienone is 3. The van der Waals surface area contributed by atoms with Gasteiger partial charge in [-0.05, 0) is 50.1 Å². The first kappa shape index (κ1) is 23.5. The minimum absolute atomic E-state index is 0.0394. The molecule has 11 heteroatoms. The minimum Gasteiger partial charge on any atom is -0.500 e. The van der Waals surface area contributed by atoms with Crippen molar-refractivity contribution in [3.8, 4) is 5.75 Å². The lowest BCUT2D eigenvalue weighted by Gasteiger charge is -2.27. The van der Waals surface area contributed by atoms with E-state index >= 15 is 0 Å². The molecule has 1 aromatic carbocycles. The average Bonchev–Trinajstić information content (AvgIpc) is 3.22. The van der Waals surface area contributed by atoms with Crippen LogP contribution in [0.2, 0.25) is 0 Å². The molecule has 1 unspecified atom stereocenters. The predicted molar refractivity (Wildman–Crippen MR) is 111 cm³/mol. The van der Waals surface area contributed by atoms with Gasteiger partial charge in [-0.25, -0.2) is 4.79 Å².